The van der Waals surface area contributed by atoms with E-state index in [1.54, 1.807) is 30.3 Å². The van der Waals surface area contributed by atoms with Crippen molar-refractivity contribution in [3.05, 3.63) is 63.4 Å². The first-order valence-corrected chi connectivity index (χ1v) is 6.84. The Morgan fingerprint density at radius 1 is 1.20 bits per heavy atom. The summed E-state index contributed by atoms with van der Waals surface area (Å²) in [7, 11) is 0. The maximum absolute atomic E-state index is 13.1. The van der Waals surface area contributed by atoms with Gasteiger partial charge in [0.1, 0.15) is 18.2 Å². The molecular formula is C15H14Cl2FNO. The molecule has 0 aromatic heterocycles. The molecule has 2 aromatic carbocycles. The lowest BCUT2D eigenvalue weighted by molar-refractivity contribution is 0.301. The highest BCUT2D eigenvalue weighted by molar-refractivity contribution is 6.31. The normalized spacial score (nSPS) is 12.2. The zero-order chi connectivity index (χ0) is 14.7. The lowest BCUT2D eigenvalue weighted by Gasteiger charge is -2.14. The minimum atomic E-state index is -0.446. The minimum absolute atomic E-state index is 0.0784. The second kappa shape index (κ2) is 6.44. The molecule has 0 aliphatic rings. The SMILES string of the molecule is C[C@@H](N)c1cc(Cl)ccc1OCc1ccc(F)c(Cl)c1. The summed E-state index contributed by atoms with van der Waals surface area (Å²) in [6.45, 7) is 2.13. The lowest BCUT2D eigenvalue weighted by Crippen LogP contribution is -2.08. The van der Waals surface area contributed by atoms with E-state index in [0.717, 1.165) is 11.1 Å². The Morgan fingerprint density at radius 3 is 2.60 bits per heavy atom. The van der Waals surface area contributed by atoms with Crippen molar-refractivity contribution in [3.63, 3.8) is 0 Å². The second-order valence-corrected chi connectivity index (χ2v) is 5.35. The average Bonchev–Trinajstić information content (AvgIpc) is 2.41. The van der Waals surface area contributed by atoms with Gasteiger partial charge in [0.05, 0.1) is 5.02 Å². The third-order valence-electron chi connectivity index (χ3n) is 2.84. The third kappa shape index (κ3) is 3.63. The zero-order valence-corrected chi connectivity index (χ0v) is 12.4. The van der Waals surface area contributed by atoms with Gasteiger partial charge in [-0.05, 0) is 42.8 Å². The van der Waals surface area contributed by atoms with Gasteiger partial charge in [-0.3, -0.25) is 0 Å². The van der Waals surface area contributed by atoms with Gasteiger partial charge in [-0.2, -0.15) is 0 Å². The molecule has 0 amide bonds. The Balaban J connectivity index is 2.16. The number of nitrogens with two attached hydrogens (primary N) is 1. The molecule has 106 valence electrons. The molecule has 0 aliphatic heterocycles. The van der Waals surface area contributed by atoms with E-state index in [9.17, 15) is 4.39 Å². The molecule has 2 aromatic rings. The van der Waals surface area contributed by atoms with E-state index in [2.05, 4.69) is 0 Å². The summed E-state index contributed by atoms with van der Waals surface area (Å²) < 4.78 is 18.8. The fourth-order valence-corrected chi connectivity index (χ4v) is 2.18. The van der Waals surface area contributed by atoms with Crippen LogP contribution in [0.15, 0.2) is 36.4 Å². The Hall–Kier alpha value is -1.29. The molecule has 2 N–H and O–H groups in total. The molecule has 0 bridgehead atoms. The lowest BCUT2D eigenvalue weighted by atomic mass is 10.1. The van der Waals surface area contributed by atoms with Crippen molar-refractivity contribution in [1.82, 2.24) is 0 Å². The van der Waals surface area contributed by atoms with Crippen molar-refractivity contribution >= 4 is 23.2 Å². The standard InChI is InChI=1S/C15H14Cl2FNO/c1-9(19)12-7-11(16)3-5-15(12)20-8-10-2-4-14(18)13(17)6-10/h2-7,9H,8,19H2,1H3/t9-/m1/s1. The molecule has 0 saturated carbocycles. The second-order valence-electron chi connectivity index (χ2n) is 4.51. The summed E-state index contributed by atoms with van der Waals surface area (Å²) in [6.07, 6.45) is 0. The summed E-state index contributed by atoms with van der Waals surface area (Å²) >= 11 is 11.7. The maximum Gasteiger partial charge on any atom is 0.141 e. The fourth-order valence-electron chi connectivity index (χ4n) is 1.80. The first kappa shape index (κ1) is 15.1. The van der Waals surface area contributed by atoms with Gasteiger partial charge in [0, 0.05) is 16.6 Å². The molecule has 0 fully saturated rings. The van der Waals surface area contributed by atoms with E-state index in [1.807, 2.05) is 6.92 Å². The first-order chi connectivity index (χ1) is 9.47. The van der Waals surface area contributed by atoms with Crippen LogP contribution < -0.4 is 10.5 Å². The van der Waals surface area contributed by atoms with Crippen LogP contribution in [0.4, 0.5) is 4.39 Å². The summed E-state index contributed by atoms with van der Waals surface area (Å²) in [4.78, 5) is 0. The zero-order valence-electron chi connectivity index (χ0n) is 10.9. The van der Waals surface area contributed by atoms with E-state index in [-0.39, 0.29) is 17.7 Å². The predicted molar refractivity (Wildman–Crippen MR) is 79.8 cm³/mol. The summed E-state index contributed by atoms with van der Waals surface area (Å²) in [5, 5.41) is 0.684. The predicted octanol–water partition coefficient (Wildman–Crippen LogP) is 4.73. The van der Waals surface area contributed by atoms with E-state index in [1.165, 1.54) is 6.07 Å². The highest BCUT2D eigenvalue weighted by Crippen LogP contribution is 2.28. The van der Waals surface area contributed by atoms with Gasteiger partial charge in [-0.25, -0.2) is 4.39 Å². The molecule has 0 unspecified atom stereocenters. The van der Waals surface area contributed by atoms with Crippen LogP contribution in [0.3, 0.4) is 0 Å². The summed E-state index contributed by atoms with van der Waals surface area (Å²) in [6, 6.07) is 9.57. The molecule has 2 nitrogen and oxygen atoms in total. The summed E-state index contributed by atoms with van der Waals surface area (Å²) in [5.41, 5.74) is 7.49. The first-order valence-electron chi connectivity index (χ1n) is 6.09. The van der Waals surface area contributed by atoms with Crippen LogP contribution in [0.1, 0.15) is 24.1 Å². The molecule has 1 atom stereocenters. The number of rotatable bonds is 4. The molecule has 0 spiro atoms. The number of hydrogen-bond donors (Lipinski definition) is 1. The van der Waals surface area contributed by atoms with Crippen molar-refractivity contribution in [2.24, 2.45) is 5.73 Å². The van der Waals surface area contributed by atoms with Crippen LogP contribution >= 0.6 is 23.2 Å². The van der Waals surface area contributed by atoms with Crippen molar-refractivity contribution in [3.8, 4) is 5.75 Å². The van der Waals surface area contributed by atoms with E-state index in [4.69, 9.17) is 33.7 Å². The van der Waals surface area contributed by atoms with Crippen LogP contribution in [0, 0.1) is 5.82 Å². The molecule has 0 radical (unpaired) electrons. The number of halogens is 3. The van der Waals surface area contributed by atoms with E-state index < -0.39 is 5.82 Å². The van der Waals surface area contributed by atoms with Crippen molar-refractivity contribution in [2.45, 2.75) is 19.6 Å². The largest absolute Gasteiger partial charge is 0.489 e. The molecule has 5 heteroatoms. The Kier molecular flexibility index (Phi) is 4.86. The van der Waals surface area contributed by atoms with Crippen LogP contribution in [-0.2, 0) is 6.61 Å². The van der Waals surface area contributed by atoms with Crippen LogP contribution in [0.2, 0.25) is 10.0 Å². The number of hydrogen-bond acceptors (Lipinski definition) is 2. The molecule has 0 saturated heterocycles. The van der Waals surface area contributed by atoms with Gasteiger partial charge >= 0.3 is 0 Å². The maximum atomic E-state index is 13.1. The van der Waals surface area contributed by atoms with Gasteiger partial charge in [0.15, 0.2) is 0 Å². The van der Waals surface area contributed by atoms with Gasteiger partial charge in [-0.15, -0.1) is 0 Å². The average molecular weight is 314 g/mol. The van der Waals surface area contributed by atoms with Crippen molar-refractivity contribution < 1.29 is 9.13 Å². The van der Waals surface area contributed by atoms with Gasteiger partial charge in [-0.1, -0.05) is 29.3 Å². The van der Waals surface area contributed by atoms with Gasteiger partial charge in [0.2, 0.25) is 0 Å². The fraction of sp³-hybridized carbons (Fsp3) is 0.200. The molecule has 20 heavy (non-hydrogen) atoms. The van der Waals surface area contributed by atoms with Crippen molar-refractivity contribution in [1.29, 1.82) is 0 Å². The van der Waals surface area contributed by atoms with Crippen molar-refractivity contribution in [2.75, 3.05) is 0 Å². The third-order valence-corrected chi connectivity index (χ3v) is 3.37. The molecular weight excluding hydrogens is 300 g/mol. The number of ether oxygens (including phenoxy) is 1. The number of benzene rings is 2. The topological polar surface area (TPSA) is 35.2 Å². The van der Waals surface area contributed by atoms with Gasteiger partial charge < -0.3 is 10.5 Å². The smallest absolute Gasteiger partial charge is 0.141 e. The minimum Gasteiger partial charge on any atom is -0.489 e. The highest BCUT2D eigenvalue weighted by atomic mass is 35.5. The Labute approximate surface area is 127 Å². The molecule has 2 rings (SSSR count). The molecule has 0 heterocycles. The van der Waals surface area contributed by atoms with Crippen LogP contribution in [-0.4, -0.2) is 0 Å². The van der Waals surface area contributed by atoms with Gasteiger partial charge in [0.25, 0.3) is 0 Å². The Bertz CT molecular complexity index is 617. The monoisotopic (exact) mass is 313 g/mol. The highest BCUT2D eigenvalue weighted by Gasteiger charge is 2.10. The van der Waals surface area contributed by atoms with Crippen LogP contribution in [0.25, 0.3) is 0 Å². The Morgan fingerprint density at radius 2 is 1.95 bits per heavy atom. The van der Waals surface area contributed by atoms with E-state index >= 15 is 0 Å². The summed E-state index contributed by atoms with van der Waals surface area (Å²) in [5.74, 6) is 0.211. The van der Waals surface area contributed by atoms with E-state index in [0.29, 0.717) is 10.8 Å². The molecule has 0 aliphatic carbocycles. The van der Waals surface area contributed by atoms with Crippen LogP contribution in [0.5, 0.6) is 5.75 Å². The quantitative estimate of drug-likeness (QED) is 0.885.